The maximum absolute atomic E-state index is 10.0. The van der Waals surface area contributed by atoms with E-state index in [-0.39, 0.29) is 0 Å². The third-order valence-electron chi connectivity index (χ3n) is 1.22. The highest BCUT2D eigenvalue weighted by Crippen LogP contribution is 1.98. The fourth-order valence-electron chi connectivity index (χ4n) is 0.361. The van der Waals surface area contributed by atoms with Gasteiger partial charge in [0.25, 0.3) is 0 Å². The maximum Gasteiger partial charge on any atom is 0.404 e. The molecule has 0 aliphatic rings. The van der Waals surface area contributed by atoms with E-state index >= 15 is 0 Å². The molecular weight excluding hydrogens is 150 g/mol. The first-order valence-electron chi connectivity index (χ1n) is 3.00. The van der Waals surface area contributed by atoms with E-state index in [4.69, 9.17) is 9.53 Å². The van der Waals surface area contributed by atoms with Gasteiger partial charge in [0.2, 0.25) is 8.32 Å². The second-order valence-corrected chi connectivity index (χ2v) is 6.90. The highest BCUT2D eigenvalue weighted by Gasteiger charge is 2.20. The summed E-state index contributed by atoms with van der Waals surface area (Å²) in [6.07, 6.45) is -0.545. The monoisotopic (exact) mass is 163 g/mol. The third-order valence-corrected chi connectivity index (χ3v) is 3.35. The lowest BCUT2D eigenvalue weighted by Gasteiger charge is -2.18. The number of carbonyl (C=O) groups is 1. The summed E-state index contributed by atoms with van der Waals surface area (Å²) in [5, 5.41) is 10.5. The predicted molar refractivity (Wildman–Crippen MR) is 40.5 cm³/mol. The predicted octanol–water partition coefficient (Wildman–Crippen LogP) is 0.645. The van der Waals surface area contributed by atoms with Crippen molar-refractivity contribution in [3.05, 3.63) is 0 Å². The Balaban J connectivity index is 3.56. The van der Waals surface area contributed by atoms with Gasteiger partial charge in [-0.2, -0.15) is 0 Å². The molecule has 0 radical (unpaired) electrons. The lowest BCUT2D eigenvalue weighted by atomic mass is 11.1. The molecule has 5 heteroatoms. The van der Waals surface area contributed by atoms with Crippen molar-refractivity contribution < 1.29 is 14.3 Å². The number of carboxylic acid groups (broad SMARTS) is 1. The van der Waals surface area contributed by atoms with Crippen LogP contribution in [0.15, 0.2) is 0 Å². The fraction of sp³-hybridized carbons (Fsp3) is 0.800. The van der Waals surface area contributed by atoms with Crippen molar-refractivity contribution in [1.29, 1.82) is 0 Å². The van der Waals surface area contributed by atoms with Gasteiger partial charge in [-0.3, -0.25) is 0 Å². The van der Waals surface area contributed by atoms with E-state index in [0.717, 1.165) is 0 Å². The van der Waals surface area contributed by atoms with E-state index < -0.39 is 14.4 Å². The Morgan fingerprint density at radius 2 is 2.20 bits per heavy atom. The molecule has 0 atom stereocenters. The molecule has 0 aliphatic carbocycles. The molecular formula is C5H13NO3Si. The molecule has 4 nitrogen and oxygen atoms in total. The minimum absolute atomic E-state index is 0.443. The van der Waals surface area contributed by atoms with E-state index in [2.05, 4.69) is 5.32 Å². The van der Waals surface area contributed by atoms with Gasteiger partial charge in [0.05, 0.1) is 0 Å². The van der Waals surface area contributed by atoms with Crippen molar-refractivity contribution in [3.8, 4) is 0 Å². The number of hydrogen-bond acceptors (Lipinski definition) is 2. The third kappa shape index (κ3) is 4.34. The number of nitrogens with one attached hydrogen (secondary N) is 1. The molecule has 0 aromatic heterocycles. The highest BCUT2D eigenvalue weighted by atomic mass is 28.4. The maximum atomic E-state index is 10.0. The molecule has 0 heterocycles. The Bertz CT molecular complexity index is 126. The molecule has 0 rings (SSSR count). The second-order valence-electron chi connectivity index (χ2n) is 2.62. The Morgan fingerprint density at radius 1 is 1.70 bits per heavy atom. The summed E-state index contributed by atoms with van der Waals surface area (Å²) in [5.74, 6) is 0. The van der Waals surface area contributed by atoms with Crippen LogP contribution in [0, 0.1) is 0 Å². The molecule has 0 saturated heterocycles. The molecule has 0 saturated carbocycles. The second kappa shape index (κ2) is 3.57. The summed E-state index contributed by atoms with van der Waals surface area (Å²) in [6, 6.07) is 0. The lowest BCUT2D eigenvalue weighted by molar-refractivity contribution is 0.195. The van der Waals surface area contributed by atoms with E-state index in [1.165, 1.54) is 0 Å². The topological polar surface area (TPSA) is 58.6 Å². The van der Waals surface area contributed by atoms with Crippen molar-refractivity contribution in [1.82, 2.24) is 5.32 Å². The Kier molecular flexibility index (Phi) is 3.38. The van der Waals surface area contributed by atoms with Crippen LogP contribution in [0.1, 0.15) is 0 Å². The van der Waals surface area contributed by atoms with Crippen molar-refractivity contribution in [3.63, 3.8) is 0 Å². The SMILES string of the molecule is CO[Si](C)(C)CNC(=O)O. The molecule has 1 amide bonds. The Morgan fingerprint density at radius 3 is 2.50 bits per heavy atom. The van der Waals surface area contributed by atoms with Gasteiger partial charge < -0.3 is 14.8 Å². The minimum Gasteiger partial charge on any atom is -0.465 e. The number of amides is 1. The Labute approximate surface area is 61.3 Å². The fourth-order valence-corrected chi connectivity index (χ4v) is 1.08. The first-order valence-corrected chi connectivity index (χ1v) is 6.11. The van der Waals surface area contributed by atoms with Crippen LogP contribution in [-0.4, -0.2) is 32.8 Å². The minimum atomic E-state index is -1.73. The zero-order chi connectivity index (χ0) is 8.20. The van der Waals surface area contributed by atoms with E-state index in [9.17, 15) is 4.79 Å². The van der Waals surface area contributed by atoms with Gasteiger partial charge in [-0.15, -0.1) is 0 Å². The largest absolute Gasteiger partial charge is 0.465 e. The molecule has 0 bridgehead atoms. The van der Waals surface area contributed by atoms with Crippen LogP contribution in [-0.2, 0) is 4.43 Å². The molecule has 0 spiro atoms. The molecule has 0 aliphatic heterocycles. The van der Waals surface area contributed by atoms with Gasteiger partial charge in [-0.05, 0) is 13.1 Å². The van der Waals surface area contributed by atoms with Gasteiger partial charge in [0.1, 0.15) is 0 Å². The van der Waals surface area contributed by atoms with Crippen molar-refractivity contribution in [2.24, 2.45) is 0 Å². The molecule has 0 aromatic carbocycles. The lowest BCUT2D eigenvalue weighted by Crippen LogP contribution is -2.43. The highest BCUT2D eigenvalue weighted by molar-refractivity contribution is 6.71. The summed E-state index contributed by atoms with van der Waals surface area (Å²) in [5.41, 5.74) is 0. The average Bonchev–Trinajstić information content (AvgIpc) is 1.85. The van der Waals surface area contributed by atoms with Crippen molar-refractivity contribution in [2.45, 2.75) is 13.1 Å². The van der Waals surface area contributed by atoms with Crippen LogP contribution in [0.2, 0.25) is 13.1 Å². The van der Waals surface area contributed by atoms with Gasteiger partial charge in [0, 0.05) is 13.3 Å². The van der Waals surface area contributed by atoms with E-state index in [0.29, 0.717) is 6.17 Å². The van der Waals surface area contributed by atoms with Gasteiger partial charge >= 0.3 is 6.09 Å². The van der Waals surface area contributed by atoms with Crippen LogP contribution >= 0.6 is 0 Å². The summed E-state index contributed by atoms with van der Waals surface area (Å²) in [7, 11) is -0.125. The molecule has 0 aromatic rings. The summed E-state index contributed by atoms with van der Waals surface area (Å²) < 4.78 is 5.10. The Hall–Kier alpha value is -0.553. The van der Waals surface area contributed by atoms with Gasteiger partial charge in [-0.1, -0.05) is 0 Å². The quantitative estimate of drug-likeness (QED) is 0.600. The van der Waals surface area contributed by atoms with Crippen LogP contribution in [0.25, 0.3) is 0 Å². The van der Waals surface area contributed by atoms with Gasteiger partial charge in [-0.25, -0.2) is 4.79 Å². The summed E-state index contributed by atoms with van der Waals surface area (Å²) >= 11 is 0. The van der Waals surface area contributed by atoms with Crippen LogP contribution < -0.4 is 5.32 Å². The summed E-state index contributed by atoms with van der Waals surface area (Å²) in [6.45, 7) is 3.89. The molecule has 0 fully saturated rings. The average molecular weight is 163 g/mol. The van der Waals surface area contributed by atoms with Crippen LogP contribution in [0.3, 0.4) is 0 Å². The smallest absolute Gasteiger partial charge is 0.404 e. The van der Waals surface area contributed by atoms with Crippen molar-refractivity contribution in [2.75, 3.05) is 13.3 Å². The normalized spacial score (nSPS) is 11.1. The first kappa shape index (κ1) is 9.45. The van der Waals surface area contributed by atoms with Crippen LogP contribution in [0.5, 0.6) is 0 Å². The number of hydrogen-bond donors (Lipinski definition) is 2. The van der Waals surface area contributed by atoms with E-state index in [1.807, 2.05) is 13.1 Å². The summed E-state index contributed by atoms with van der Waals surface area (Å²) in [4.78, 5) is 10.0. The zero-order valence-corrected chi connectivity index (χ0v) is 7.47. The van der Waals surface area contributed by atoms with Crippen LogP contribution in [0.4, 0.5) is 4.79 Å². The molecule has 10 heavy (non-hydrogen) atoms. The van der Waals surface area contributed by atoms with Crippen molar-refractivity contribution >= 4 is 14.4 Å². The van der Waals surface area contributed by atoms with E-state index in [1.54, 1.807) is 7.11 Å². The zero-order valence-electron chi connectivity index (χ0n) is 6.47. The van der Waals surface area contributed by atoms with Gasteiger partial charge in [0.15, 0.2) is 0 Å². The molecule has 0 unspecified atom stereocenters. The number of rotatable bonds is 3. The molecule has 2 N–H and O–H groups in total. The molecule has 60 valence electrons. The standard InChI is InChI=1S/C5H13NO3Si/c1-9-10(2,3)4-6-5(7)8/h6H,4H2,1-3H3,(H,7,8). The first-order chi connectivity index (χ1) is 4.48.